The number of aliphatic hydroxyl groups is 2. The van der Waals surface area contributed by atoms with E-state index in [1.165, 1.54) is 12.1 Å². The first-order chi connectivity index (χ1) is 8.36. The molecule has 1 rings (SSSR count). The fraction of sp³-hybridized carbons (Fsp3) is 0.333. The summed E-state index contributed by atoms with van der Waals surface area (Å²) in [5.41, 5.74) is 0.927. The van der Waals surface area contributed by atoms with Crippen molar-refractivity contribution in [3.63, 3.8) is 0 Å². The fourth-order valence-electron chi connectivity index (χ4n) is 1.19. The fourth-order valence-corrected chi connectivity index (χ4v) is 2.11. The number of hydrogen-bond donors (Lipinski definition) is 2. The molecule has 2 N–H and O–H groups in total. The molecule has 0 heterocycles. The van der Waals surface area contributed by atoms with Crippen molar-refractivity contribution in [2.45, 2.75) is 24.0 Å². The minimum absolute atomic E-state index is 0.00777. The summed E-state index contributed by atoms with van der Waals surface area (Å²) in [4.78, 5) is 0.00777. The lowest BCUT2D eigenvalue weighted by Crippen LogP contribution is -2.29. The number of benzene rings is 1. The zero-order valence-electron chi connectivity index (χ0n) is 9.98. The van der Waals surface area contributed by atoms with E-state index in [9.17, 15) is 18.6 Å². The maximum absolute atomic E-state index is 11.7. The van der Waals surface area contributed by atoms with Gasteiger partial charge in [-0.2, -0.15) is 8.42 Å². The summed E-state index contributed by atoms with van der Waals surface area (Å²) in [7, 11) is -3.92. The molecule has 0 radical (unpaired) electrons. The van der Waals surface area contributed by atoms with Crippen molar-refractivity contribution in [2.75, 3.05) is 6.61 Å². The van der Waals surface area contributed by atoms with Crippen molar-refractivity contribution < 1.29 is 22.8 Å². The lowest BCUT2D eigenvalue weighted by Gasteiger charge is -2.14. The van der Waals surface area contributed by atoms with Crippen LogP contribution in [-0.4, -0.2) is 37.4 Å². The van der Waals surface area contributed by atoms with Crippen LogP contribution < -0.4 is 0 Å². The minimum atomic E-state index is -3.92. The molecule has 6 heteroatoms. The highest BCUT2D eigenvalue weighted by atomic mass is 32.2. The second-order valence-corrected chi connectivity index (χ2v) is 5.46. The maximum atomic E-state index is 11.7. The molecule has 1 aromatic carbocycles. The van der Waals surface area contributed by atoms with E-state index in [1.807, 2.05) is 6.92 Å². The van der Waals surface area contributed by atoms with E-state index in [-0.39, 0.29) is 4.90 Å². The summed E-state index contributed by atoms with van der Waals surface area (Å²) in [5.74, 6) is 0. The van der Waals surface area contributed by atoms with Crippen LogP contribution in [0.15, 0.2) is 41.8 Å². The lowest BCUT2D eigenvalue weighted by atomic mass is 10.2. The molecule has 0 aliphatic heterocycles. The van der Waals surface area contributed by atoms with E-state index < -0.39 is 28.9 Å². The highest BCUT2D eigenvalue weighted by molar-refractivity contribution is 7.86. The van der Waals surface area contributed by atoms with Crippen molar-refractivity contribution in [3.8, 4) is 0 Å². The van der Waals surface area contributed by atoms with E-state index >= 15 is 0 Å². The molecule has 0 spiro atoms. The molecule has 0 unspecified atom stereocenters. The molecule has 18 heavy (non-hydrogen) atoms. The molecule has 0 amide bonds. The Morgan fingerprint density at radius 3 is 2.39 bits per heavy atom. The first kappa shape index (κ1) is 14.8. The zero-order valence-corrected chi connectivity index (χ0v) is 10.8. The number of aryl methyl sites for hydroxylation is 1. The molecule has 1 aromatic rings. The molecule has 0 aromatic heterocycles. The number of hydrogen-bond acceptors (Lipinski definition) is 5. The van der Waals surface area contributed by atoms with Gasteiger partial charge in [-0.05, 0) is 19.1 Å². The van der Waals surface area contributed by atoms with E-state index in [0.717, 1.165) is 11.6 Å². The van der Waals surface area contributed by atoms with Crippen LogP contribution in [0.25, 0.3) is 0 Å². The van der Waals surface area contributed by atoms with Crippen LogP contribution in [0.1, 0.15) is 5.56 Å². The van der Waals surface area contributed by atoms with Gasteiger partial charge in [0.15, 0.2) is 0 Å². The Kier molecular flexibility index (Phi) is 5.03. The molecule has 100 valence electrons. The van der Waals surface area contributed by atoms with E-state index in [4.69, 9.17) is 0 Å². The Morgan fingerprint density at radius 2 is 1.89 bits per heavy atom. The summed E-state index contributed by atoms with van der Waals surface area (Å²) < 4.78 is 28.1. The molecule has 0 aliphatic carbocycles. The van der Waals surface area contributed by atoms with Gasteiger partial charge in [0, 0.05) is 0 Å². The topological polar surface area (TPSA) is 83.8 Å². The summed E-state index contributed by atoms with van der Waals surface area (Å²) in [5, 5.41) is 18.5. The van der Waals surface area contributed by atoms with E-state index in [1.54, 1.807) is 12.1 Å². The van der Waals surface area contributed by atoms with Crippen LogP contribution in [0.2, 0.25) is 0 Å². The van der Waals surface area contributed by atoms with Crippen LogP contribution in [-0.2, 0) is 14.3 Å². The molecule has 0 bridgehead atoms. The highest BCUT2D eigenvalue weighted by Crippen LogP contribution is 2.13. The Hall–Kier alpha value is -1.21. The Bertz CT molecular complexity index is 492. The zero-order chi connectivity index (χ0) is 13.8. The maximum Gasteiger partial charge on any atom is 0.297 e. The van der Waals surface area contributed by atoms with E-state index in [0.29, 0.717) is 0 Å². The molecule has 0 aliphatic rings. The van der Waals surface area contributed by atoms with Crippen LogP contribution in [0.5, 0.6) is 0 Å². The van der Waals surface area contributed by atoms with Crippen LogP contribution >= 0.6 is 0 Å². The van der Waals surface area contributed by atoms with Gasteiger partial charge in [-0.3, -0.25) is 4.18 Å². The van der Waals surface area contributed by atoms with Gasteiger partial charge in [-0.15, -0.1) is 6.58 Å². The van der Waals surface area contributed by atoms with Crippen molar-refractivity contribution in [1.29, 1.82) is 0 Å². The average Bonchev–Trinajstić information content (AvgIpc) is 2.35. The molecular formula is C12H16O5S. The smallest absolute Gasteiger partial charge is 0.297 e. The third kappa shape index (κ3) is 3.92. The monoisotopic (exact) mass is 272 g/mol. The molecule has 5 nitrogen and oxygen atoms in total. The van der Waals surface area contributed by atoms with Gasteiger partial charge in [-0.1, -0.05) is 23.8 Å². The van der Waals surface area contributed by atoms with Gasteiger partial charge in [0.2, 0.25) is 0 Å². The summed E-state index contributed by atoms with van der Waals surface area (Å²) in [6.07, 6.45) is -1.45. The standard InChI is InChI=1S/C12H16O5S/c1-3-11(13)12(14)8-17-18(15,16)10-6-4-9(2)5-7-10/h3-7,11-14H,1,8H2,2H3/t11-,12+/m1/s1. The Balaban J connectivity index is 2.71. The second-order valence-electron chi connectivity index (χ2n) is 3.85. The normalized spacial score (nSPS) is 15.1. The number of rotatable bonds is 6. The van der Waals surface area contributed by atoms with E-state index in [2.05, 4.69) is 10.8 Å². The third-order valence-corrected chi connectivity index (χ3v) is 3.64. The van der Waals surface area contributed by atoms with Crippen LogP contribution in [0.4, 0.5) is 0 Å². The van der Waals surface area contributed by atoms with Crippen molar-refractivity contribution in [2.24, 2.45) is 0 Å². The SMILES string of the molecule is C=C[C@@H](O)[C@@H](O)COS(=O)(=O)c1ccc(C)cc1. The quantitative estimate of drug-likeness (QED) is 0.585. The lowest BCUT2D eigenvalue weighted by molar-refractivity contribution is 0.0184. The summed E-state index contributed by atoms with van der Waals surface area (Å²) in [6.45, 7) is 4.59. The first-order valence-corrected chi connectivity index (χ1v) is 6.72. The van der Waals surface area contributed by atoms with Gasteiger partial charge in [0.1, 0.15) is 12.2 Å². The first-order valence-electron chi connectivity index (χ1n) is 5.31. The predicted molar refractivity (Wildman–Crippen MR) is 66.5 cm³/mol. The molecule has 0 fully saturated rings. The predicted octanol–water partition coefficient (Wildman–Crippen LogP) is 0.608. The molecule has 0 saturated heterocycles. The molecule has 0 saturated carbocycles. The van der Waals surface area contributed by atoms with Crippen molar-refractivity contribution >= 4 is 10.1 Å². The van der Waals surface area contributed by atoms with Gasteiger partial charge in [0.25, 0.3) is 10.1 Å². The minimum Gasteiger partial charge on any atom is -0.388 e. The Labute approximate surface area is 106 Å². The van der Waals surface area contributed by atoms with Crippen LogP contribution in [0.3, 0.4) is 0 Å². The van der Waals surface area contributed by atoms with Gasteiger partial charge in [-0.25, -0.2) is 0 Å². The average molecular weight is 272 g/mol. The highest BCUT2D eigenvalue weighted by Gasteiger charge is 2.20. The molecular weight excluding hydrogens is 256 g/mol. The van der Waals surface area contributed by atoms with Gasteiger partial charge < -0.3 is 10.2 Å². The number of aliphatic hydroxyl groups excluding tert-OH is 2. The van der Waals surface area contributed by atoms with Gasteiger partial charge >= 0.3 is 0 Å². The van der Waals surface area contributed by atoms with Gasteiger partial charge in [0.05, 0.1) is 11.5 Å². The third-order valence-electron chi connectivity index (χ3n) is 2.34. The van der Waals surface area contributed by atoms with Crippen molar-refractivity contribution in [3.05, 3.63) is 42.5 Å². The second kappa shape index (κ2) is 6.10. The summed E-state index contributed by atoms with van der Waals surface area (Å²) in [6, 6.07) is 6.12. The largest absolute Gasteiger partial charge is 0.388 e. The Morgan fingerprint density at radius 1 is 1.33 bits per heavy atom. The summed E-state index contributed by atoms with van der Waals surface area (Å²) >= 11 is 0. The van der Waals surface area contributed by atoms with Crippen molar-refractivity contribution in [1.82, 2.24) is 0 Å². The van der Waals surface area contributed by atoms with Crippen LogP contribution in [0, 0.1) is 6.92 Å². The molecule has 2 atom stereocenters.